The van der Waals surface area contributed by atoms with Gasteiger partial charge in [-0.3, -0.25) is 0 Å². The SMILES string of the molecule is C[C@@H](O)[C@@H](N)c1cccc(C(F)F)c1. The van der Waals surface area contributed by atoms with E-state index in [4.69, 9.17) is 5.73 Å². The van der Waals surface area contributed by atoms with Crippen LogP contribution in [0.3, 0.4) is 0 Å². The molecule has 0 aliphatic rings. The summed E-state index contributed by atoms with van der Waals surface area (Å²) in [5, 5.41) is 9.19. The standard InChI is InChI=1S/C10H13F2NO/c1-6(14)9(13)7-3-2-4-8(5-7)10(11)12/h2-6,9-10,14H,13H2,1H3/t6-,9-/m1/s1. The minimum atomic E-state index is -2.50. The molecule has 1 aromatic carbocycles. The Morgan fingerprint density at radius 3 is 2.36 bits per heavy atom. The van der Waals surface area contributed by atoms with Crippen molar-refractivity contribution in [3.8, 4) is 0 Å². The van der Waals surface area contributed by atoms with Gasteiger partial charge < -0.3 is 10.8 Å². The molecule has 0 amide bonds. The lowest BCUT2D eigenvalue weighted by Gasteiger charge is -2.15. The number of benzene rings is 1. The molecule has 78 valence electrons. The maximum absolute atomic E-state index is 12.3. The highest BCUT2D eigenvalue weighted by Gasteiger charge is 2.14. The van der Waals surface area contributed by atoms with Crippen LogP contribution in [0.2, 0.25) is 0 Å². The van der Waals surface area contributed by atoms with E-state index in [1.54, 1.807) is 6.07 Å². The molecule has 0 aliphatic heterocycles. The third-order valence-corrected chi connectivity index (χ3v) is 2.07. The Labute approximate surface area is 81.4 Å². The molecule has 0 unspecified atom stereocenters. The van der Waals surface area contributed by atoms with Crippen molar-refractivity contribution >= 4 is 0 Å². The number of aliphatic hydroxyl groups excluding tert-OH is 1. The van der Waals surface area contributed by atoms with E-state index in [0.717, 1.165) is 0 Å². The van der Waals surface area contributed by atoms with Crippen molar-refractivity contribution in [3.63, 3.8) is 0 Å². The second kappa shape index (κ2) is 4.48. The molecule has 0 aromatic heterocycles. The first-order valence-electron chi connectivity index (χ1n) is 4.34. The molecule has 14 heavy (non-hydrogen) atoms. The molecule has 2 atom stereocenters. The van der Waals surface area contributed by atoms with Gasteiger partial charge >= 0.3 is 0 Å². The van der Waals surface area contributed by atoms with Crippen LogP contribution in [0.25, 0.3) is 0 Å². The second-order valence-electron chi connectivity index (χ2n) is 3.24. The third kappa shape index (κ3) is 2.49. The van der Waals surface area contributed by atoms with Crippen LogP contribution in [0.4, 0.5) is 8.78 Å². The van der Waals surface area contributed by atoms with E-state index < -0.39 is 18.6 Å². The smallest absolute Gasteiger partial charge is 0.263 e. The summed E-state index contributed by atoms with van der Waals surface area (Å²) < 4.78 is 24.6. The molecular weight excluding hydrogens is 188 g/mol. The van der Waals surface area contributed by atoms with Crippen molar-refractivity contribution in [1.82, 2.24) is 0 Å². The molecule has 0 saturated heterocycles. The number of alkyl halides is 2. The average Bonchev–Trinajstić information content (AvgIpc) is 2.16. The first-order valence-corrected chi connectivity index (χ1v) is 4.34. The van der Waals surface area contributed by atoms with Crippen molar-refractivity contribution < 1.29 is 13.9 Å². The maximum atomic E-state index is 12.3. The minimum Gasteiger partial charge on any atom is -0.391 e. The summed E-state index contributed by atoms with van der Waals surface area (Å²) >= 11 is 0. The summed E-state index contributed by atoms with van der Waals surface area (Å²) in [5.41, 5.74) is 6.07. The Morgan fingerprint density at radius 1 is 1.29 bits per heavy atom. The molecule has 0 radical (unpaired) electrons. The van der Waals surface area contributed by atoms with Gasteiger partial charge in [-0.25, -0.2) is 8.78 Å². The number of hydrogen-bond donors (Lipinski definition) is 2. The third-order valence-electron chi connectivity index (χ3n) is 2.07. The van der Waals surface area contributed by atoms with Crippen molar-refractivity contribution in [1.29, 1.82) is 0 Å². The quantitative estimate of drug-likeness (QED) is 0.785. The monoisotopic (exact) mass is 201 g/mol. The topological polar surface area (TPSA) is 46.2 Å². The number of nitrogens with two attached hydrogens (primary N) is 1. The summed E-state index contributed by atoms with van der Waals surface area (Å²) in [4.78, 5) is 0. The summed E-state index contributed by atoms with van der Waals surface area (Å²) in [7, 11) is 0. The number of rotatable bonds is 3. The molecule has 0 heterocycles. The van der Waals surface area contributed by atoms with E-state index in [1.807, 2.05) is 0 Å². The van der Waals surface area contributed by atoms with E-state index in [9.17, 15) is 13.9 Å². The van der Waals surface area contributed by atoms with Gasteiger partial charge in [-0.15, -0.1) is 0 Å². The minimum absolute atomic E-state index is 0.0707. The largest absolute Gasteiger partial charge is 0.391 e. The Hall–Kier alpha value is -1.00. The van der Waals surface area contributed by atoms with Crippen molar-refractivity contribution in [2.75, 3.05) is 0 Å². The van der Waals surface area contributed by atoms with Gasteiger partial charge in [-0.2, -0.15) is 0 Å². The Balaban J connectivity index is 2.93. The van der Waals surface area contributed by atoms with E-state index in [-0.39, 0.29) is 5.56 Å². The van der Waals surface area contributed by atoms with Gasteiger partial charge in [-0.1, -0.05) is 18.2 Å². The molecular formula is C10H13F2NO. The van der Waals surface area contributed by atoms with E-state index in [1.165, 1.54) is 25.1 Å². The zero-order chi connectivity index (χ0) is 10.7. The molecule has 0 spiro atoms. The lowest BCUT2D eigenvalue weighted by atomic mass is 10.0. The summed E-state index contributed by atoms with van der Waals surface area (Å²) in [6, 6.07) is 5.18. The maximum Gasteiger partial charge on any atom is 0.263 e. The summed E-state index contributed by atoms with van der Waals surface area (Å²) in [6.07, 6.45) is -3.25. The van der Waals surface area contributed by atoms with Crippen LogP contribution in [0.5, 0.6) is 0 Å². The molecule has 1 rings (SSSR count). The highest BCUT2D eigenvalue weighted by atomic mass is 19.3. The van der Waals surface area contributed by atoms with Gasteiger partial charge in [-0.05, 0) is 18.6 Å². The lowest BCUT2D eigenvalue weighted by molar-refractivity contribution is 0.149. The van der Waals surface area contributed by atoms with Crippen LogP contribution in [0.15, 0.2) is 24.3 Å². The zero-order valence-electron chi connectivity index (χ0n) is 7.82. The Bertz CT molecular complexity index is 302. The van der Waals surface area contributed by atoms with E-state index in [0.29, 0.717) is 5.56 Å². The Morgan fingerprint density at radius 2 is 1.86 bits per heavy atom. The predicted molar refractivity (Wildman–Crippen MR) is 50.0 cm³/mol. The van der Waals surface area contributed by atoms with Crippen LogP contribution < -0.4 is 5.73 Å². The van der Waals surface area contributed by atoms with Gasteiger partial charge in [0.05, 0.1) is 12.1 Å². The lowest BCUT2D eigenvalue weighted by Crippen LogP contribution is -2.23. The summed E-state index contributed by atoms with van der Waals surface area (Å²) in [5.74, 6) is 0. The Kier molecular flexibility index (Phi) is 3.55. The van der Waals surface area contributed by atoms with Crippen molar-refractivity contribution in [2.45, 2.75) is 25.5 Å². The number of hydrogen-bond acceptors (Lipinski definition) is 2. The fraction of sp³-hybridized carbons (Fsp3) is 0.400. The molecule has 3 N–H and O–H groups in total. The first-order chi connectivity index (χ1) is 6.52. The van der Waals surface area contributed by atoms with Crippen LogP contribution in [0.1, 0.15) is 30.5 Å². The van der Waals surface area contributed by atoms with Gasteiger partial charge in [0.1, 0.15) is 0 Å². The highest BCUT2D eigenvalue weighted by molar-refractivity contribution is 5.27. The van der Waals surface area contributed by atoms with Crippen molar-refractivity contribution in [2.24, 2.45) is 5.73 Å². The zero-order valence-corrected chi connectivity index (χ0v) is 7.82. The van der Waals surface area contributed by atoms with Gasteiger partial charge in [0, 0.05) is 5.56 Å². The predicted octanol–water partition coefficient (Wildman–Crippen LogP) is 2.00. The van der Waals surface area contributed by atoms with Gasteiger partial charge in [0.25, 0.3) is 6.43 Å². The molecule has 1 aromatic rings. The molecule has 0 bridgehead atoms. The van der Waals surface area contributed by atoms with E-state index in [2.05, 4.69) is 0 Å². The normalized spacial score (nSPS) is 15.6. The molecule has 0 fully saturated rings. The average molecular weight is 201 g/mol. The van der Waals surface area contributed by atoms with Crippen LogP contribution in [0, 0.1) is 0 Å². The highest BCUT2D eigenvalue weighted by Crippen LogP contribution is 2.22. The molecule has 4 heteroatoms. The molecule has 2 nitrogen and oxygen atoms in total. The van der Waals surface area contributed by atoms with Crippen LogP contribution >= 0.6 is 0 Å². The number of aliphatic hydroxyl groups is 1. The van der Waals surface area contributed by atoms with Crippen LogP contribution in [-0.2, 0) is 0 Å². The van der Waals surface area contributed by atoms with E-state index >= 15 is 0 Å². The molecule has 0 aliphatic carbocycles. The second-order valence-corrected chi connectivity index (χ2v) is 3.24. The fourth-order valence-electron chi connectivity index (χ4n) is 1.18. The molecule has 0 saturated carbocycles. The summed E-state index contributed by atoms with van der Waals surface area (Å²) in [6.45, 7) is 1.53. The van der Waals surface area contributed by atoms with Gasteiger partial charge in [0.2, 0.25) is 0 Å². The van der Waals surface area contributed by atoms with Gasteiger partial charge in [0.15, 0.2) is 0 Å². The van der Waals surface area contributed by atoms with Crippen molar-refractivity contribution in [3.05, 3.63) is 35.4 Å². The fourth-order valence-corrected chi connectivity index (χ4v) is 1.18. The first kappa shape index (κ1) is 11.1. The number of halogens is 2. The van der Waals surface area contributed by atoms with Crippen LogP contribution in [-0.4, -0.2) is 11.2 Å².